The first-order valence-corrected chi connectivity index (χ1v) is 5.74. The fourth-order valence-corrected chi connectivity index (χ4v) is 1.54. The molecule has 0 heterocycles. The van der Waals surface area contributed by atoms with Crippen LogP contribution in [0.25, 0.3) is 0 Å². The van der Waals surface area contributed by atoms with Crippen molar-refractivity contribution in [3.8, 4) is 0 Å². The van der Waals surface area contributed by atoms with Crippen molar-refractivity contribution >= 4 is 0 Å². The van der Waals surface area contributed by atoms with Gasteiger partial charge in [0.2, 0.25) is 0 Å². The Kier molecular flexibility index (Phi) is 23.1. The van der Waals surface area contributed by atoms with Crippen molar-refractivity contribution in [3.05, 3.63) is 42.4 Å². The van der Waals surface area contributed by atoms with Gasteiger partial charge in [-0.25, -0.2) is 0 Å². The van der Waals surface area contributed by atoms with Gasteiger partial charge >= 0.3 is 0 Å². The van der Waals surface area contributed by atoms with Gasteiger partial charge in [-0.1, -0.05) is 53.0 Å². The standard InChI is InChI=1S/C14H22N.2CH4.Ar.W/c1-5-13-8-10-14(11-9-13)7-6-12(2)15(3)4;;;;/h8-12H,3,5-7H2,1-2,4H3;2*1H4;;/q-1;;;;. The van der Waals surface area contributed by atoms with Crippen molar-refractivity contribution in [1.82, 2.24) is 4.90 Å². The molecule has 1 rings (SSSR count). The summed E-state index contributed by atoms with van der Waals surface area (Å²) in [5.41, 5.74) is 2.85. The summed E-state index contributed by atoms with van der Waals surface area (Å²) >= 11 is 0. The number of rotatable bonds is 5. The number of hydrogen-bond donors (Lipinski definition) is 0. The molecule has 0 bridgehead atoms. The SMILES string of the molecule is C.C.[Ar].[CH2-]N(C)C(C)CCc1ccc(CC)cc1.[W]. The van der Waals surface area contributed by atoms with E-state index in [1.807, 2.05) is 11.9 Å². The maximum absolute atomic E-state index is 3.91. The van der Waals surface area contributed by atoms with Crippen LogP contribution < -0.4 is 0 Å². The van der Waals surface area contributed by atoms with Crippen LogP contribution in [-0.2, 0) is 33.9 Å². The summed E-state index contributed by atoms with van der Waals surface area (Å²) in [6.45, 7) is 4.40. The molecule has 0 aliphatic carbocycles. The predicted molar refractivity (Wildman–Crippen MR) is 80.2 cm³/mol. The van der Waals surface area contributed by atoms with Crippen LogP contribution in [0.1, 0.15) is 46.2 Å². The molecule has 1 nitrogen and oxygen atoms in total. The Morgan fingerprint density at radius 3 is 1.89 bits per heavy atom. The summed E-state index contributed by atoms with van der Waals surface area (Å²) in [6.07, 6.45) is 3.44. The molecule has 19 heavy (non-hydrogen) atoms. The number of hydrogen-bond acceptors (Lipinski definition) is 1. The van der Waals surface area contributed by atoms with Gasteiger partial charge in [0, 0.05) is 58.8 Å². The molecule has 0 aliphatic rings. The van der Waals surface area contributed by atoms with Gasteiger partial charge in [-0.05, 0) is 43.5 Å². The predicted octanol–water partition coefficient (Wildman–Crippen LogP) is 4.56. The molecule has 1 unspecified atom stereocenters. The molecule has 0 aliphatic heterocycles. The molecule has 0 radical (unpaired) electrons. The van der Waals surface area contributed by atoms with Gasteiger partial charge in [0.05, 0.1) is 0 Å². The zero-order valence-corrected chi connectivity index (χ0v) is 14.6. The van der Waals surface area contributed by atoms with Crippen LogP contribution in [0, 0.1) is 44.8 Å². The summed E-state index contributed by atoms with van der Waals surface area (Å²) in [5, 5.41) is 0. The minimum absolute atomic E-state index is 0. The molecule has 0 aromatic heterocycles. The molecule has 0 fully saturated rings. The molecule has 0 saturated heterocycles. The third-order valence-electron chi connectivity index (χ3n) is 3.03. The largest absolute Gasteiger partial charge is 0.459 e. The first-order chi connectivity index (χ1) is 7.13. The molecule has 0 N–H and O–H groups in total. The van der Waals surface area contributed by atoms with Crippen molar-refractivity contribution in [2.75, 3.05) is 7.05 Å². The molecule has 1 aromatic rings. The summed E-state index contributed by atoms with van der Waals surface area (Å²) in [7, 11) is 5.94. The third kappa shape index (κ3) is 11.5. The van der Waals surface area contributed by atoms with E-state index < -0.39 is 0 Å². The molecule has 0 saturated carbocycles. The Balaban J connectivity index is -0.000000281. The quantitative estimate of drug-likeness (QED) is 0.583. The minimum Gasteiger partial charge on any atom is -0.459 e. The molecule has 1 aromatic carbocycles. The van der Waals surface area contributed by atoms with Crippen LogP contribution >= 0.6 is 0 Å². The topological polar surface area (TPSA) is 3.24 Å². The van der Waals surface area contributed by atoms with Crippen LogP contribution in [0.3, 0.4) is 0 Å². The van der Waals surface area contributed by atoms with Gasteiger partial charge in [-0.3, -0.25) is 7.05 Å². The van der Waals surface area contributed by atoms with E-state index in [0.717, 1.165) is 12.8 Å². The zero-order valence-electron chi connectivity index (χ0n) is 10.9. The van der Waals surface area contributed by atoms with Crippen molar-refractivity contribution in [1.29, 1.82) is 0 Å². The Bertz CT molecular complexity index is 285. The van der Waals surface area contributed by atoms with Crippen molar-refractivity contribution in [2.24, 2.45) is 0 Å². The summed E-state index contributed by atoms with van der Waals surface area (Å²) in [4.78, 5) is 2.03. The van der Waals surface area contributed by atoms with Crippen LogP contribution in [0.4, 0.5) is 0 Å². The normalized spacial score (nSPS) is 10.4. The van der Waals surface area contributed by atoms with E-state index in [1.165, 1.54) is 17.5 Å². The molecular formula is C16H30ArNW-. The first kappa shape index (κ1) is 28.3. The average Bonchev–Trinajstić information content (AvgIpc) is 2.26. The second-order valence-corrected chi connectivity index (χ2v) is 4.31. The molecule has 3 heteroatoms. The Morgan fingerprint density at radius 1 is 1.11 bits per heavy atom. The number of nitrogens with zero attached hydrogens (tertiary/aromatic N) is 1. The van der Waals surface area contributed by atoms with E-state index in [2.05, 4.69) is 45.2 Å². The fraction of sp³-hybridized carbons (Fsp3) is 0.562. The molecule has 1 atom stereocenters. The summed E-state index contributed by atoms with van der Waals surface area (Å²) < 4.78 is 0. The Hall–Kier alpha value is 1.13. The number of benzene rings is 1. The second kappa shape index (κ2) is 15.5. The van der Waals surface area contributed by atoms with E-state index in [4.69, 9.17) is 0 Å². The van der Waals surface area contributed by atoms with Gasteiger partial charge < -0.3 is 4.90 Å². The van der Waals surface area contributed by atoms with Crippen LogP contribution in [-0.4, -0.2) is 18.0 Å². The Labute approximate surface area is 165 Å². The van der Waals surface area contributed by atoms with E-state index in [0.29, 0.717) is 6.04 Å². The maximum atomic E-state index is 3.91. The second-order valence-electron chi connectivity index (χ2n) is 4.31. The van der Waals surface area contributed by atoms with E-state index >= 15 is 0 Å². The summed E-state index contributed by atoms with van der Waals surface area (Å²) in [6, 6.07) is 9.50. The van der Waals surface area contributed by atoms with Crippen LogP contribution in [0.5, 0.6) is 0 Å². The monoisotopic (exact) mass is 460 g/mol. The average molecular weight is 460 g/mol. The molecular weight excluding hydrogens is 430 g/mol. The van der Waals surface area contributed by atoms with E-state index in [9.17, 15) is 0 Å². The van der Waals surface area contributed by atoms with Gasteiger partial charge in [0.1, 0.15) is 0 Å². The summed E-state index contributed by atoms with van der Waals surface area (Å²) in [5.74, 6) is 0. The van der Waals surface area contributed by atoms with Gasteiger partial charge in [-0.2, -0.15) is 0 Å². The van der Waals surface area contributed by atoms with Crippen molar-refractivity contribution in [2.45, 2.75) is 54.0 Å². The smallest absolute Gasteiger partial charge is 0 e. The molecule has 0 spiro atoms. The van der Waals surface area contributed by atoms with Crippen LogP contribution in [0.2, 0.25) is 0 Å². The third-order valence-corrected chi connectivity index (χ3v) is 3.03. The van der Waals surface area contributed by atoms with Crippen molar-refractivity contribution in [3.63, 3.8) is 0 Å². The van der Waals surface area contributed by atoms with Crippen LogP contribution in [0.15, 0.2) is 24.3 Å². The minimum atomic E-state index is 0. The van der Waals surface area contributed by atoms with E-state index in [1.54, 1.807) is 0 Å². The maximum Gasteiger partial charge on any atom is 0 e. The van der Waals surface area contributed by atoms with Crippen molar-refractivity contribution < 1.29 is 58.8 Å². The van der Waals surface area contributed by atoms with Gasteiger partial charge in [-0.15, -0.1) is 0 Å². The first-order valence-electron chi connectivity index (χ1n) is 5.74. The fourth-order valence-electron chi connectivity index (χ4n) is 1.54. The molecule has 114 valence electrons. The Morgan fingerprint density at radius 2 is 1.53 bits per heavy atom. The zero-order chi connectivity index (χ0) is 11.3. The van der Waals surface area contributed by atoms with Gasteiger partial charge in [0.15, 0.2) is 0 Å². The van der Waals surface area contributed by atoms with Gasteiger partial charge in [0.25, 0.3) is 0 Å². The number of aryl methyl sites for hydroxylation is 2. The van der Waals surface area contributed by atoms with E-state index in [-0.39, 0.29) is 73.7 Å². The molecule has 0 amide bonds.